The Morgan fingerprint density at radius 1 is 1.05 bits per heavy atom. The molecular weight excluding hydrogens is 248 g/mol. The van der Waals surface area contributed by atoms with Gasteiger partial charge in [-0.25, -0.2) is 4.79 Å². The minimum absolute atomic E-state index is 0.255. The molecule has 2 nitrogen and oxygen atoms in total. The zero-order chi connectivity index (χ0) is 15.7. The molecule has 2 atom stereocenters. The van der Waals surface area contributed by atoms with E-state index in [1.54, 1.807) is 6.08 Å². The average Bonchev–Trinajstić information content (AvgIpc) is 2.34. The number of rotatable bonds is 8. The smallest absolute Gasteiger partial charge is 0.330 e. The summed E-state index contributed by atoms with van der Waals surface area (Å²) in [5.74, 6) is 1.82. The number of allylic oxidation sites excluding steroid dienone is 3. The molecule has 116 valence electrons. The largest absolute Gasteiger partial charge is 0.463 e. The van der Waals surface area contributed by atoms with Gasteiger partial charge >= 0.3 is 5.97 Å². The maximum Gasteiger partial charge on any atom is 0.330 e. The molecule has 0 saturated carbocycles. The van der Waals surface area contributed by atoms with E-state index in [1.807, 2.05) is 13.8 Å². The molecule has 0 saturated heterocycles. The van der Waals surface area contributed by atoms with E-state index < -0.39 is 0 Å². The number of hydrogen-bond donors (Lipinski definition) is 0. The number of esters is 1. The van der Waals surface area contributed by atoms with Gasteiger partial charge in [0.2, 0.25) is 0 Å². The van der Waals surface area contributed by atoms with Crippen molar-refractivity contribution in [2.24, 2.45) is 17.8 Å². The molecule has 0 aliphatic carbocycles. The molecule has 0 radical (unpaired) electrons. The summed E-state index contributed by atoms with van der Waals surface area (Å²) < 4.78 is 4.92. The Bertz CT molecular complexity index is 350. The van der Waals surface area contributed by atoms with Crippen LogP contribution in [0, 0.1) is 17.8 Å². The van der Waals surface area contributed by atoms with Crippen LogP contribution in [-0.2, 0) is 9.53 Å². The van der Waals surface area contributed by atoms with E-state index in [2.05, 4.69) is 40.7 Å². The topological polar surface area (TPSA) is 26.3 Å². The van der Waals surface area contributed by atoms with Crippen LogP contribution in [0.15, 0.2) is 23.3 Å². The van der Waals surface area contributed by atoms with E-state index in [1.165, 1.54) is 18.4 Å². The van der Waals surface area contributed by atoms with Crippen molar-refractivity contribution in [3.63, 3.8) is 0 Å². The Morgan fingerprint density at radius 2 is 1.65 bits per heavy atom. The molecular formula is C18H32O2. The van der Waals surface area contributed by atoms with Crippen LogP contribution < -0.4 is 0 Å². The summed E-state index contributed by atoms with van der Waals surface area (Å²) in [6, 6.07) is 0. The monoisotopic (exact) mass is 280 g/mol. The number of carbonyl (C=O) groups excluding carboxylic acids is 1. The fraction of sp³-hybridized carbons (Fsp3) is 0.722. The molecule has 0 fully saturated rings. The number of carbonyl (C=O) groups is 1. The minimum atomic E-state index is -0.255. The molecule has 0 spiro atoms. The van der Waals surface area contributed by atoms with Crippen LogP contribution in [0.1, 0.15) is 61.3 Å². The van der Waals surface area contributed by atoms with Gasteiger partial charge in [-0.2, -0.15) is 0 Å². The molecule has 0 rings (SSSR count). The highest BCUT2D eigenvalue weighted by molar-refractivity contribution is 5.83. The number of ether oxygens (including phenoxy) is 1. The van der Waals surface area contributed by atoms with Crippen LogP contribution in [0.2, 0.25) is 0 Å². The van der Waals surface area contributed by atoms with Gasteiger partial charge in [-0.1, -0.05) is 39.3 Å². The minimum Gasteiger partial charge on any atom is -0.463 e. The lowest BCUT2D eigenvalue weighted by molar-refractivity contribution is -0.137. The number of hydrogen-bond acceptors (Lipinski definition) is 2. The van der Waals surface area contributed by atoms with Crippen molar-refractivity contribution in [1.29, 1.82) is 0 Å². The summed E-state index contributed by atoms with van der Waals surface area (Å²) >= 11 is 0. The third kappa shape index (κ3) is 8.19. The van der Waals surface area contributed by atoms with Gasteiger partial charge in [0.25, 0.3) is 0 Å². The molecule has 2 heteroatoms. The maximum atomic E-state index is 11.4. The van der Waals surface area contributed by atoms with Gasteiger partial charge in [0.15, 0.2) is 0 Å². The molecule has 0 aromatic rings. The van der Waals surface area contributed by atoms with Crippen molar-refractivity contribution in [3.05, 3.63) is 23.3 Å². The Morgan fingerprint density at radius 3 is 2.15 bits per heavy atom. The summed E-state index contributed by atoms with van der Waals surface area (Å²) in [4.78, 5) is 11.4. The van der Waals surface area contributed by atoms with Gasteiger partial charge in [0.1, 0.15) is 0 Å². The van der Waals surface area contributed by atoms with Gasteiger partial charge in [-0.05, 0) is 56.9 Å². The van der Waals surface area contributed by atoms with E-state index in [-0.39, 0.29) is 5.97 Å². The molecule has 0 aromatic heterocycles. The molecule has 0 N–H and O–H groups in total. The molecule has 0 aromatic carbocycles. The van der Waals surface area contributed by atoms with Crippen molar-refractivity contribution in [1.82, 2.24) is 0 Å². The summed E-state index contributed by atoms with van der Waals surface area (Å²) in [5.41, 5.74) is 2.30. The SMILES string of the molecule is CCOC(=O)C=C(C)C=C(C)C(C)CCC(C)C(C)C. The first-order valence-electron chi connectivity index (χ1n) is 7.81. The summed E-state index contributed by atoms with van der Waals surface area (Å²) in [6.07, 6.45) is 6.12. The van der Waals surface area contributed by atoms with Gasteiger partial charge < -0.3 is 4.74 Å². The Kier molecular flexibility index (Phi) is 9.28. The van der Waals surface area contributed by atoms with Crippen molar-refractivity contribution in [3.8, 4) is 0 Å². The average molecular weight is 280 g/mol. The summed E-state index contributed by atoms with van der Waals surface area (Å²) in [6.45, 7) is 15.5. The predicted molar refractivity (Wildman–Crippen MR) is 86.5 cm³/mol. The molecule has 0 bridgehead atoms. The van der Waals surface area contributed by atoms with E-state index >= 15 is 0 Å². The third-order valence-corrected chi connectivity index (χ3v) is 4.06. The van der Waals surface area contributed by atoms with E-state index in [0.717, 1.165) is 17.4 Å². The fourth-order valence-electron chi connectivity index (χ4n) is 1.99. The van der Waals surface area contributed by atoms with Crippen LogP contribution in [0.4, 0.5) is 0 Å². The molecule has 20 heavy (non-hydrogen) atoms. The van der Waals surface area contributed by atoms with E-state index in [0.29, 0.717) is 12.5 Å². The van der Waals surface area contributed by atoms with Crippen molar-refractivity contribution in [2.45, 2.75) is 61.3 Å². The predicted octanol–water partition coefficient (Wildman–Crippen LogP) is 5.15. The molecule has 2 unspecified atom stereocenters. The quantitative estimate of drug-likeness (QED) is 0.349. The highest BCUT2D eigenvalue weighted by atomic mass is 16.5. The van der Waals surface area contributed by atoms with Crippen molar-refractivity contribution < 1.29 is 9.53 Å². The zero-order valence-electron chi connectivity index (χ0n) is 14.3. The van der Waals surface area contributed by atoms with E-state index in [4.69, 9.17) is 4.74 Å². The van der Waals surface area contributed by atoms with Gasteiger partial charge in [-0.3, -0.25) is 0 Å². The fourth-order valence-corrected chi connectivity index (χ4v) is 1.99. The highest BCUT2D eigenvalue weighted by Crippen LogP contribution is 2.23. The lowest BCUT2D eigenvalue weighted by Gasteiger charge is -2.19. The maximum absolute atomic E-state index is 11.4. The second-order valence-electron chi connectivity index (χ2n) is 6.23. The van der Waals surface area contributed by atoms with Gasteiger partial charge in [0, 0.05) is 6.08 Å². The Labute approximate surface area is 125 Å². The highest BCUT2D eigenvalue weighted by Gasteiger charge is 2.11. The van der Waals surface area contributed by atoms with Crippen LogP contribution in [0.3, 0.4) is 0 Å². The van der Waals surface area contributed by atoms with Crippen LogP contribution >= 0.6 is 0 Å². The Balaban J connectivity index is 4.44. The third-order valence-electron chi connectivity index (χ3n) is 4.06. The molecule has 0 aliphatic heterocycles. The second-order valence-corrected chi connectivity index (χ2v) is 6.23. The Hall–Kier alpha value is -1.05. The van der Waals surface area contributed by atoms with Crippen LogP contribution in [0.5, 0.6) is 0 Å². The molecule has 0 heterocycles. The van der Waals surface area contributed by atoms with Gasteiger partial charge in [-0.15, -0.1) is 0 Å². The summed E-state index contributed by atoms with van der Waals surface area (Å²) in [7, 11) is 0. The summed E-state index contributed by atoms with van der Waals surface area (Å²) in [5, 5.41) is 0. The second kappa shape index (κ2) is 9.79. The molecule has 0 aliphatic rings. The standard InChI is InChI=1S/C18H32O2/c1-8-20-18(19)12-14(4)11-17(7)16(6)10-9-15(5)13(2)3/h11-13,15-16H,8-10H2,1-7H3. The molecule has 0 amide bonds. The lowest BCUT2D eigenvalue weighted by atomic mass is 9.87. The van der Waals surface area contributed by atoms with Crippen molar-refractivity contribution >= 4 is 5.97 Å². The van der Waals surface area contributed by atoms with Crippen LogP contribution in [0.25, 0.3) is 0 Å². The first kappa shape index (κ1) is 18.9. The van der Waals surface area contributed by atoms with Gasteiger partial charge in [0.05, 0.1) is 6.61 Å². The lowest BCUT2D eigenvalue weighted by Crippen LogP contribution is -2.07. The first-order valence-corrected chi connectivity index (χ1v) is 7.81. The normalized spacial score (nSPS) is 16.2. The van der Waals surface area contributed by atoms with Crippen molar-refractivity contribution in [2.75, 3.05) is 6.61 Å². The zero-order valence-corrected chi connectivity index (χ0v) is 14.3. The first-order chi connectivity index (χ1) is 9.27. The van der Waals surface area contributed by atoms with Crippen LogP contribution in [-0.4, -0.2) is 12.6 Å². The van der Waals surface area contributed by atoms with E-state index in [9.17, 15) is 4.79 Å².